The molecule has 1 saturated carbocycles. The first-order valence-electron chi connectivity index (χ1n) is 11.6. The van der Waals surface area contributed by atoms with Crippen LogP contribution >= 0.6 is 12.4 Å². The molecular weight excluding hydrogens is 442 g/mol. The van der Waals surface area contributed by atoms with Crippen molar-refractivity contribution < 1.29 is 9.53 Å². The van der Waals surface area contributed by atoms with Crippen molar-refractivity contribution in [1.82, 2.24) is 24.6 Å². The third-order valence-corrected chi connectivity index (χ3v) is 6.79. The van der Waals surface area contributed by atoms with Crippen LogP contribution in [-0.2, 0) is 11.3 Å². The number of amides is 1. The summed E-state index contributed by atoms with van der Waals surface area (Å²) in [6.45, 7) is 7.75. The number of methoxy groups -OCH3 is 1. The van der Waals surface area contributed by atoms with E-state index in [0.717, 1.165) is 74.3 Å². The quantitative estimate of drug-likeness (QED) is 0.533. The topological polar surface area (TPSA) is 83.5 Å². The van der Waals surface area contributed by atoms with E-state index in [9.17, 15) is 9.59 Å². The van der Waals surface area contributed by atoms with Crippen LogP contribution in [0.5, 0.6) is 0 Å². The van der Waals surface area contributed by atoms with Gasteiger partial charge < -0.3 is 14.6 Å². The molecule has 0 radical (unpaired) electrons. The van der Waals surface area contributed by atoms with Gasteiger partial charge in [0.2, 0.25) is 0 Å². The van der Waals surface area contributed by atoms with Gasteiger partial charge in [0.15, 0.2) is 0 Å². The minimum Gasteiger partial charge on any atom is -0.385 e. The van der Waals surface area contributed by atoms with Crippen LogP contribution in [0.4, 0.5) is 0 Å². The molecule has 0 atom stereocenters. The van der Waals surface area contributed by atoms with Gasteiger partial charge in [-0.05, 0) is 49.8 Å². The van der Waals surface area contributed by atoms with Gasteiger partial charge in [-0.25, -0.2) is 0 Å². The van der Waals surface area contributed by atoms with Gasteiger partial charge in [0, 0.05) is 63.9 Å². The van der Waals surface area contributed by atoms with Gasteiger partial charge in [-0.3, -0.25) is 19.2 Å². The Hall–Kier alpha value is -2.42. The van der Waals surface area contributed by atoms with E-state index in [0.29, 0.717) is 16.9 Å². The highest BCUT2D eigenvalue weighted by Crippen LogP contribution is 2.33. The largest absolute Gasteiger partial charge is 0.385 e. The average molecular weight is 474 g/mol. The minimum atomic E-state index is -0.127. The number of rotatable bonds is 7. The normalized spacial score (nSPS) is 17.0. The molecule has 1 aliphatic carbocycles. The van der Waals surface area contributed by atoms with Crippen LogP contribution in [0, 0.1) is 12.8 Å². The van der Waals surface area contributed by atoms with Crippen molar-refractivity contribution in [1.29, 1.82) is 0 Å². The zero-order chi connectivity index (χ0) is 22.2. The van der Waals surface area contributed by atoms with E-state index < -0.39 is 0 Å². The molecular formula is C24H32ClN5O3. The molecule has 3 heterocycles. The van der Waals surface area contributed by atoms with E-state index >= 15 is 0 Å². The number of piperazine rings is 1. The molecule has 1 amide bonds. The van der Waals surface area contributed by atoms with Crippen molar-refractivity contribution in [3.8, 4) is 0 Å². The van der Waals surface area contributed by atoms with Crippen molar-refractivity contribution >= 4 is 40.1 Å². The molecule has 2 aliphatic rings. The van der Waals surface area contributed by atoms with Crippen LogP contribution in [0.1, 0.15) is 35.2 Å². The molecule has 8 nitrogen and oxygen atoms in total. The molecule has 178 valence electrons. The van der Waals surface area contributed by atoms with E-state index in [4.69, 9.17) is 4.74 Å². The Bertz CT molecular complexity index is 1210. The van der Waals surface area contributed by atoms with Crippen LogP contribution in [-0.4, -0.2) is 76.9 Å². The van der Waals surface area contributed by atoms with Gasteiger partial charge in [0.1, 0.15) is 0 Å². The van der Waals surface area contributed by atoms with Crippen LogP contribution in [0.15, 0.2) is 23.1 Å². The number of nitrogens with zero attached hydrogens (tertiary/aromatic N) is 4. The maximum atomic E-state index is 13.4. The Morgan fingerprint density at radius 2 is 1.94 bits per heavy atom. The van der Waals surface area contributed by atoms with Crippen molar-refractivity contribution in [2.75, 3.05) is 46.4 Å². The molecule has 0 spiro atoms. The monoisotopic (exact) mass is 473 g/mol. The number of aromatic nitrogens is 3. The Morgan fingerprint density at radius 3 is 2.64 bits per heavy atom. The minimum absolute atomic E-state index is 0. The van der Waals surface area contributed by atoms with E-state index in [1.807, 2.05) is 28.6 Å². The van der Waals surface area contributed by atoms with Gasteiger partial charge in [-0.1, -0.05) is 0 Å². The van der Waals surface area contributed by atoms with Gasteiger partial charge in [0.25, 0.3) is 11.5 Å². The molecule has 9 heteroatoms. The van der Waals surface area contributed by atoms with Crippen molar-refractivity contribution in [3.05, 3.63) is 39.8 Å². The van der Waals surface area contributed by atoms with Crippen molar-refractivity contribution in [3.63, 3.8) is 0 Å². The molecule has 3 aromatic rings. The summed E-state index contributed by atoms with van der Waals surface area (Å²) in [4.78, 5) is 33.4. The molecule has 2 aromatic heterocycles. The first-order valence-corrected chi connectivity index (χ1v) is 11.6. The lowest BCUT2D eigenvalue weighted by atomic mass is 10.0. The zero-order valence-corrected chi connectivity index (χ0v) is 20.1. The number of carbonyl (C=O) groups is 1. The number of hydrogen-bond acceptors (Lipinski definition) is 5. The summed E-state index contributed by atoms with van der Waals surface area (Å²) in [5, 5.41) is 5.98. The smallest absolute Gasteiger partial charge is 0.259 e. The molecule has 1 saturated heterocycles. The predicted molar refractivity (Wildman–Crippen MR) is 131 cm³/mol. The number of fused-ring (bicyclic) bond motifs is 3. The summed E-state index contributed by atoms with van der Waals surface area (Å²) in [6, 6.07) is 3.89. The standard InChI is InChI=1S/C24H31N5O3.ClH/c1-16-12-21-19(22-20(23(30)26-21)14-25-29(22)15-17-4-5-17)13-18(16)24(31)28-9-7-27(8-10-28)6-3-11-32-2;/h12-14,17H,3-11,15H2,1-2H3,(H,26,30);1H. The maximum Gasteiger partial charge on any atom is 0.259 e. The molecule has 0 bridgehead atoms. The predicted octanol–water partition coefficient (Wildman–Crippen LogP) is 2.81. The van der Waals surface area contributed by atoms with Crippen LogP contribution in [0.2, 0.25) is 0 Å². The number of halogens is 1. The molecule has 5 rings (SSSR count). The Morgan fingerprint density at radius 1 is 1.18 bits per heavy atom. The fraction of sp³-hybridized carbons (Fsp3) is 0.542. The summed E-state index contributed by atoms with van der Waals surface area (Å²) in [5.41, 5.74) is 3.06. The first-order chi connectivity index (χ1) is 15.5. The third kappa shape index (κ3) is 4.78. The first kappa shape index (κ1) is 23.7. The summed E-state index contributed by atoms with van der Waals surface area (Å²) < 4.78 is 7.10. The number of pyridine rings is 1. The summed E-state index contributed by atoms with van der Waals surface area (Å²) in [5.74, 6) is 0.702. The number of aryl methyl sites for hydroxylation is 1. The SMILES string of the molecule is COCCCN1CCN(C(=O)c2cc3c(cc2C)[nH]c(=O)c2cnn(CC4CC4)c23)CC1.Cl. The number of ether oxygens (including phenoxy) is 1. The van der Waals surface area contributed by atoms with E-state index in [1.165, 1.54) is 12.8 Å². The second-order valence-corrected chi connectivity index (χ2v) is 9.18. The Labute approximate surface area is 199 Å². The molecule has 1 aromatic carbocycles. The number of aromatic amines is 1. The van der Waals surface area contributed by atoms with Crippen LogP contribution in [0.3, 0.4) is 0 Å². The second-order valence-electron chi connectivity index (χ2n) is 9.18. The lowest BCUT2D eigenvalue weighted by Gasteiger charge is -2.35. The third-order valence-electron chi connectivity index (χ3n) is 6.79. The van der Waals surface area contributed by atoms with E-state index in [2.05, 4.69) is 15.0 Å². The molecule has 1 aliphatic heterocycles. The average Bonchev–Trinajstić information content (AvgIpc) is 3.51. The number of hydrogen-bond donors (Lipinski definition) is 1. The number of carbonyl (C=O) groups excluding carboxylic acids is 1. The lowest BCUT2D eigenvalue weighted by Crippen LogP contribution is -2.49. The summed E-state index contributed by atoms with van der Waals surface area (Å²) >= 11 is 0. The van der Waals surface area contributed by atoms with Gasteiger partial charge in [-0.15, -0.1) is 12.4 Å². The second kappa shape index (κ2) is 9.83. The van der Waals surface area contributed by atoms with Gasteiger partial charge >= 0.3 is 0 Å². The number of benzene rings is 1. The fourth-order valence-electron chi connectivity index (χ4n) is 4.72. The highest BCUT2D eigenvalue weighted by Gasteiger charge is 2.26. The number of H-pyrrole nitrogens is 1. The van der Waals surface area contributed by atoms with E-state index in [1.54, 1.807) is 13.3 Å². The zero-order valence-electron chi connectivity index (χ0n) is 19.3. The van der Waals surface area contributed by atoms with Crippen molar-refractivity contribution in [2.45, 2.75) is 32.7 Å². The fourth-order valence-corrected chi connectivity index (χ4v) is 4.72. The molecule has 0 unspecified atom stereocenters. The number of nitrogens with one attached hydrogen (secondary N) is 1. The summed E-state index contributed by atoms with van der Waals surface area (Å²) in [7, 11) is 1.73. The lowest BCUT2D eigenvalue weighted by molar-refractivity contribution is 0.0623. The molecule has 33 heavy (non-hydrogen) atoms. The van der Waals surface area contributed by atoms with Gasteiger partial charge in [-0.2, -0.15) is 5.10 Å². The highest BCUT2D eigenvalue weighted by atomic mass is 35.5. The molecule has 1 N–H and O–H groups in total. The van der Waals surface area contributed by atoms with Crippen LogP contribution < -0.4 is 5.56 Å². The van der Waals surface area contributed by atoms with Gasteiger partial charge in [0.05, 0.1) is 22.6 Å². The molecule has 2 fully saturated rings. The Kier molecular flexibility index (Phi) is 7.07. The highest BCUT2D eigenvalue weighted by molar-refractivity contribution is 6.07. The maximum absolute atomic E-state index is 13.4. The Balaban J connectivity index is 0.00000259. The summed E-state index contributed by atoms with van der Waals surface area (Å²) in [6.07, 6.45) is 5.09. The van der Waals surface area contributed by atoms with Crippen LogP contribution in [0.25, 0.3) is 21.8 Å². The van der Waals surface area contributed by atoms with E-state index in [-0.39, 0.29) is 23.9 Å². The van der Waals surface area contributed by atoms with Crippen molar-refractivity contribution in [2.24, 2.45) is 5.92 Å².